The minimum Gasteiger partial charge on any atom is -0.379 e. The van der Waals surface area contributed by atoms with Crippen LogP contribution in [0.2, 0.25) is 0 Å². The highest BCUT2D eigenvalue weighted by atomic mass is 19.3. The average Bonchev–Trinajstić information content (AvgIpc) is 2.75. The molecule has 1 rings (SSSR count). The molecule has 6 heteroatoms. The van der Waals surface area contributed by atoms with Crippen molar-refractivity contribution in [2.45, 2.75) is 31.8 Å². The highest BCUT2D eigenvalue weighted by molar-refractivity contribution is 5.78. The number of carbonyl (C=O) groups excluding carboxylic acids is 1. The Bertz CT molecular complexity index is 208. The van der Waals surface area contributed by atoms with Crippen LogP contribution in [0, 0.1) is 0 Å². The molecule has 0 bridgehead atoms. The van der Waals surface area contributed by atoms with Crippen LogP contribution in [0.15, 0.2) is 0 Å². The molecule has 0 spiro atoms. The first-order chi connectivity index (χ1) is 7.70. The summed E-state index contributed by atoms with van der Waals surface area (Å²) in [4.78, 5) is 10.5. The second-order valence-electron chi connectivity index (χ2n) is 3.66. The fraction of sp³-hybridized carbons (Fsp3) is 0.900. The Balaban J connectivity index is 1.86. The zero-order chi connectivity index (χ0) is 11.8. The van der Waals surface area contributed by atoms with Gasteiger partial charge in [-0.2, -0.15) is 8.78 Å². The van der Waals surface area contributed by atoms with E-state index in [1.165, 1.54) is 0 Å². The minimum absolute atomic E-state index is 0.177. The molecule has 16 heavy (non-hydrogen) atoms. The van der Waals surface area contributed by atoms with E-state index in [2.05, 4.69) is 5.32 Å². The van der Waals surface area contributed by atoms with Gasteiger partial charge < -0.3 is 14.8 Å². The summed E-state index contributed by atoms with van der Waals surface area (Å²) in [6.45, 7) is 2.00. The summed E-state index contributed by atoms with van der Waals surface area (Å²) in [5, 5.41) is 2.11. The van der Waals surface area contributed by atoms with E-state index < -0.39 is 12.3 Å². The predicted molar refractivity (Wildman–Crippen MR) is 53.4 cm³/mol. The molecule has 94 valence electrons. The molecule has 1 heterocycles. The molecule has 1 unspecified atom stereocenters. The molecule has 1 saturated heterocycles. The molecule has 1 aliphatic rings. The molecule has 4 nitrogen and oxygen atoms in total. The van der Waals surface area contributed by atoms with Gasteiger partial charge in [-0.3, -0.25) is 4.79 Å². The number of ether oxygens (including phenoxy) is 2. The van der Waals surface area contributed by atoms with Crippen molar-refractivity contribution in [2.24, 2.45) is 0 Å². The molecule has 0 saturated carbocycles. The van der Waals surface area contributed by atoms with Crippen molar-refractivity contribution >= 4 is 5.91 Å². The molecule has 0 aromatic heterocycles. The van der Waals surface area contributed by atoms with Gasteiger partial charge >= 0.3 is 6.43 Å². The molecule has 1 amide bonds. The van der Waals surface area contributed by atoms with Crippen LogP contribution in [-0.2, 0) is 14.3 Å². The smallest absolute Gasteiger partial charge is 0.315 e. The van der Waals surface area contributed by atoms with Crippen LogP contribution in [0.1, 0.15) is 19.3 Å². The Hall–Kier alpha value is -0.750. The summed E-state index contributed by atoms with van der Waals surface area (Å²) in [5.74, 6) is -1.22. The van der Waals surface area contributed by atoms with E-state index in [4.69, 9.17) is 9.47 Å². The highest BCUT2D eigenvalue weighted by Crippen LogP contribution is 2.11. The Morgan fingerprint density at radius 1 is 1.56 bits per heavy atom. The summed E-state index contributed by atoms with van der Waals surface area (Å²) >= 11 is 0. The maximum atomic E-state index is 11.7. The maximum absolute atomic E-state index is 11.7. The van der Waals surface area contributed by atoms with Crippen molar-refractivity contribution in [3.63, 3.8) is 0 Å². The molecule has 1 atom stereocenters. The molecule has 0 aromatic rings. The molecule has 1 N–H and O–H groups in total. The number of nitrogens with one attached hydrogen (secondary N) is 1. The van der Waals surface area contributed by atoms with E-state index in [0.717, 1.165) is 19.4 Å². The summed E-state index contributed by atoms with van der Waals surface area (Å²) in [5.41, 5.74) is 0. The summed E-state index contributed by atoms with van der Waals surface area (Å²) in [7, 11) is 0. The molecule has 1 fully saturated rings. The van der Waals surface area contributed by atoms with E-state index in [1.807, 2.05) is 0 Å². The summed E-state index contributed by atoms with van der Waals surface area (Å²) in [6.07, 6.45) is -0.144. The predicted octanol–water partition coefficient (Wildman–Crippen LogP) is 0.953. The molecule has 0 radical (unpaired) electrons. The summed E-state index contributed by atoms with van der Waals surface area (Å²) < 4.78 is 34.1. The Morgan fingerprint density at radius 2 is 2.38 bits per heavy atom. The van der Waals surface area contributed by atoms with Crippen LogP contribution in [0.4, 0.5) is 8.78 Å². The van der Waals surface area contributed by atoms with Gasteiger partial charge in [-0.15, -0.1) is 0 Å². The fourth-order valence-corrected chi connectivity index (χ4v) is 1.45. The second-order valence-corrected chi connectivity index (χ2v) is 3.66. The summed E-state index contributed by atoms with van der Waals surface area (Å²) in [6, 6.07) is 0. The zero-order valence-corrected chi connectivity index (χ0v) is 9.09. The fourth-order valence-electron chi connectivity index (χ4n) is 1.45. The lowest BCUT2D eigenvalue weighted by molar-refractivity contribution is -0.131. The maximum Gasteiger partial charge on any atom is 0.315 e. The number of rotatable bonds is 7. The van der Waals surface area contributed by atoms with Crippen molar-refractivity contribution in [2.75, 3.05) is 26.4 Å². The van der Waals surface area contributed by atoms with Gasteiger partial charge in [0.1, 0.15) is 0 Å². The van der Waals surface area contributed by atoms with Gasteiger partial charge in [0.2, 0.25) is 0 Å². The van der Waals surface area contributed by atoms with Crippen LogP contribution < -0.4 is 5.32 Å². The van der Waals surface area contributed by atoms with Crippen molar-refractivity contribution in [1.29, 1.82) is 0 Å². The molecular weight excluding hydrogens is 220 g/mol. The Morgan fingerprint density at radius 3 is 3.00 bits per heavy atom. The third-order valence-electron chi connectivity index (χ3n) is 2.29. The topological polar surface area (TPSA) is 47.6 Å². The molecular formula is C10H17F2NO3. The third kappa shape index (κ3) is 5.37. The first kappa shape index (κ1) is 13.3. The molecule has 0 aliphatic carbocycles. The number of alkyl halides is 2. The number of hydrogen-bond acceptors (Lipinski definition) is 3. The quantitative estimate of drug-likeness (QED) is 0.671. The first-order valence-corrected chi connectivity index (χ1v) is 5.45. The van der Waals surface area contributed by atoms with Gasteiger partial charge in [0.25, 0.3) is 5.91 Å². The number of hydrogen-bond donors (Lipinski definition) is 1. The number of halogens is 2. The molecule has 0 aromatic carbocycles. The van der Waals surface area contributed by atoms with E-state index in [-0.39, 0.29) is 12.6 Å². The van der Waals surface area contributed by atoms with Crippen molar-refractivity contribution in [3.8, 4) is 0 Å². The van der Waals surface area contributed by atoms with E-state index >= 15 is 0 Å². The van der Waals surface area contributed by atoms with Crippen LogP contribution in [0.5, 0.6) is 0 Å². The number of amides is 1. The lowest BCUT2D eigenvalue weighted by Gasteiger charge is -2.10. The van der Waals surface area contributed by atoms with E-state index in [0.29, 0.717) is 19.6 Å². The van der Waals surface area contributed by atoms with Gasteiger partial charge in [-0.1, -0.05) is 0 Å². The van der Waals surface area contributed by atoms with Crippen LogP contribution in [0.25, 0.3) is 0 Å². The minimum atomic E-state index is -2.94. The largest absolute Gasteiger partial charge is 0.379 e. The molecule has 1 aliphatic heterocycles. The van der Waals surface area contributed by atoms with Gasteiger partial charge in [-0.05, 0) is 19.3 Å². The standard InChI is InChI=1S/C10H17F2NO3/c11-9(12)10(14)13-4-2-5-15-7-8-3-1-6-16-8/h8-9H,1-7H2,(H,13,14). The van der Waals surface area contributed by atoms with Gasteiger partial charge in [0.05, 0.1) is 12.7 Å². The average molecular weight is 237 g/mol. The van der Waals surface area contributed by atoms with Crippen LogP contribution in [0.3, 0.4) is 0 Å². The van der Waals surface area contributed by atoms with Crippen LogP contribution in [-0.4, -0.2) is 44.8 Å². The first-order valence-electron chi connectivity index (χ1n) is 5.45. The monoisotopic (exact) mass is 237 g/mol. The number of carbonyl (C=O) groups is 1. The van der Waals surface area contributed by atoms with E-state index in [1.54, 1.807) is 0 Å². The van der Waals surface area contributed by atoms with Gasteiger partial charge in [0.15, 0.2) is 0 Å². The lowest BCUT2D eigenvalue weighted by atomic mass is 10.2. The zero-order valence-electron chi connectivity index (χ0n) is 9.09. The highest BCUT2D eigenvalue weighted by Gasteiger charge is 2.15. The lowest BCUT2D eigenvalue weighted by Crippen LogP contribution is -2.30. The van der Waals surface area contributed by atoms with Crippen molar-refractivity contribution in [1.82, 2.24) is 5.32 Å². The Labute approximate surface area is 93.3 Å². The SMILES string of the molecule is O=C(NCCCOCC1CCCO1)C(F)F. The van der Waals surface area contributed by atoms with E-state index in [9.17, 15) is 13.6 Å². The van der Waals surface area contributed by atoms with Crippen molar-refractivity contribution < 1.29 is 23.0 Å². The third-order valence-corrected chi connectivity index (χ3v) is 2.29. The Kier molecular flexibility index (Phi) is 6.25. The van der Waals surface area contributed by atoms with Gasteiger partial charge in [0, 0.05) is 19.8 Å². The normalized spacial score (nSPS) is 20.3. The van der Waals surface area contributed by atoms with Crippen molar-refractivity contribution in [3.05, 3.63) is 0 Å². The second kappa shape index (κ2) is 7.51. The van der Waals surface area contributed by atoms with Gasteiger partial charge in [-0.25, -0.2) is 0 Å². The van der Waals surface area contributed by atoms with Crippen LogP contribution >= 0.6 is 0 Å².